The summed E-state index contributed by atoms with van der Waals surface area (Å²) in [4.78, 5) is 14.4. The lowest BCUT2D eigenvalue weighted by Gasteiger charge is -2.33. The van der Waals surface area contributed by atoms with Gasteiger partial charge in [0, 0.05) is 29.2 Å². The van der Waals surface area contributed by atoms with Crippen LogP contribution in [-0.4, -0.2) is 37.0 Å². The number of aryl methyl sites for hydroxylation is 1. The average Bonchev–Trinajstić information content (AvgIpc) is 2.38. The van der Waals surface area contributed by atoms with Crippen LogP contribution in [0.2, 0.25) is 0 Å². The Kier molecular flexibility index (Phi) is 6.30. The largest absolute Gasteiger partial charge is 0.337 e. The minimum atomic E-state index is 0. The van der Waals surface area contributed by atoms with Crippen molar-refractivity contribution in [1.29, 1.82) is 0 Å². The molecule has 1 unspecified atom stereocenters. The monoisotopic (exact) mass is 346 g/mol. The van der Waals surface area contributed by atoms with E-state index in [2.05, 4.69) is 21.2 Å². The van der Waals surface area contributed by atoms with Crippen LogP contribution in [0.4, 0.5) is 0 Å². The van der Waals surface area contributed by atoms with E-state index in [9.17, 15) is 4.79 Å². The van der Waals surface area contributed by atoms with Gasteiger partial charge in [0.25, 0.3) is 5.91 Å². The van der Waals surface area contributed by atoms with Gasteiger partial charge in [-0.3, -0.25) is 4.79 Å². The predicted octanol–water partition coefficient (Wildman–Crippen LogP) is 3.00. The molecule has 0 spiro atoms. The second-order valence-corrected chi connectivity index (χ2v) is 5.75. The van der Waals surface area contributed by atoms with E-state index >= 15 is 0 Å². The lowest BCUT2D eigenvalue weighted by atomic mass is 10.0. The molecule has 2 rings (SSSR count). The van der Waals surface area contributed by atoms with Gasteiger partial charge in [-0.25, -0.2) is 0 Å². The fraction of sp³-hybridized carbons (Fsp3) is 0.500. The van der Waals surface area contributed by atoms with Gasteiger partial charge < -0.3 is 10.2 Å². The van der Waals surface area contributed by atoms with Crippen molar-refractivity contribution >= 4 is 34.2 Å². The smallest absolute Gasteiger partial charge is 0.254 e. The van der Waals surface area contributed by atoms with E-state index in [1.807, 2.05) is 37.1 Å². The highest BCUT2D eigenvalue weighted by atomic mass is 79.9. The topological polar surface area (TPSA) is 32.3 Å². The summed E-state index contributed by atoms with van der Waals surface area (Å²) < 4.78 is 1.02. The number of piperidine rings is 1. The van der Waals surface area contributed by atoms with Crippen molar-refractivity contribution in [2.75, 3.05) is 20.1 Å². The summed E-state index contributed by atoms with van der Waals surface area (Å²) in [6.45, 7) is 3.66. The number of halogens is 2. The molecule has 1 atom stereocenters. The third kappa shape index (κ3) is 3.94. The maximum atomic E-state index is 12.5. The SMILES string of the molecule is CNC1CCCN(C(=O)c2ccc(Br)cc2C)C1.Cl. The number of likely N-dealkylation sites (N-methyl/N-ethyl adjacent to an activating group) is 1. The third-order valence-corrected chi connectivity index (χ3v) is 4.03. The Morgan fingerprint density at radius 1 is 1.47 bits per heavy atom. The van der Waals surface area contributed by atoms with Crippen LogP contribution in [0.15, 0.2) is 22.7 Å². The second-order valence-electron chi connectivity index (χ2n) is 4.84. The molecular weight excluding hydrogens is 328 g/mol. The zero-order valence-electron chi connectivity index (χ0n) is 11.3. The van der Waals surface area contributed by atoms with E-state index < -0.39 is 0 Å². The zero-order valence-corrected chi connectivity index (χ0v) is 13.7. The Labute approximate surface area is 129 Å². The Morgan fingerprint density at radius 3 is 2.84 bits per heavy atom. The van der Waals surface area contributed by atoms with E-state index in [1.165, 1.54) is 0 Å². The van der Waals surface area contributed by atoms with Crippen molar-refractivity contribution in [2.45, 2.75) is 25.8 Å². The van der Waals surface area contributed by atoms with Gasteiger partial charge in [0.2, 0.25) is 0 Å². The van der Waals surface area contributed by atoms with E-state index in [1.54, 1.807) is 0 Å². The maximum Gasteiger partial charge on any atom is 0.254 e. The minimum absolute atomic E-state index is 0. The number of hydrogen-bond donors (Lipinski definition) is 1. The van der Waals surface area contributed by atoms with Crippen molar-refractivity contribution in [3.63, 3.8) is 0 Å². The van der Waals surface area contributed by atoms with Crippen LogP contribution in [0, 0.1) is 6.92 Å². The van der Waals surface area contributed by atoms with Gasteiger partial charge in [-0.15, -0.1) is 12.4 Å². The molecule has 0 bridgehead atoms. The van der Waals surface area contributed by atoms with E-state index in [0.29, 0.717) is 6.04 Å². The molecule has 5 heteroatoms. The summed E-state index contributed by atoms with van der Waals surface area (Å²) in [5.74, 6) is 0.153. The van der Waals surface area contributed by atoms with Crippen molar-refractivity contribution in [1.82, 2.24) is 10.2 Å². The summed E-state index contributed by atoms with van der Waals surface area (Å²) >= 11 is 3.43. The minimum Gasteiger partial charge on any atom is -0.337 e. The number of benzene rings is 1. The molecule has 1 aliphatic heterocycles. The molecule has 1 fully saturated rings. The molecule has 1 N–H and O–H groups in total. The molecule has 19 heavy (non-hydrogen) atoms. The lowest BCUT2D eigenvalue weighted by Crippen LogP contribution is -2.47. The van der Waals surface area contributed by atoms with Crippen molar-refractivity contribution < 1.29 is 4.79 Å². The van der Waals surface area contributed by atoms with Gasteiger partial charge in [0.15, 0.2) is 0 Å². The number of carbonyl (C=O) groups excluding carboxylic acids is 1. The molecule has 0 aromatic heterocycles. The number of carbonyl (C=O) groups is 1. The van der Waals surface area contributed by atoms with Crippen LogP contribution >= 0.6 is 28.3 Å². The summed E-state index contributed by atoms with van der Waals surface area (Å²) in [6, 6.07) is 6.26. The van der Waals surface area contributed by atoms with Gasteiger partial charge in [0.1, 0.15) is 0 Å². The van der Waals surface area contributed by atoms with E-state index in [0.717, 1.165) is 41.5 Å². The fourth-order valence-electron chi connectivity index (χ4n) is 2.43. The van der Waals surface area contributed by atoms with Crippen LogP contribution in [0.1, 0.15) is 28.8 Å². The van der Waals surface area contributed by atoms with Gasteiger partial charge in [-0.05, 0) is 50.6 Å². The molecule has 1 heterocycles. The molecule has 1 saturated heterocycles. The molecule has 0 radical (unpaired) electrons. The number of likely N-dealkylation sites (tertiary alicyclic amines) is 1. The van der Waals surface area contributed by atoms with Crippen molar-refractivity contribution in [3.8, 4) is 0 Å². The molecule has 106 valence electrons. The second kappa shape index (κ2) is 7.27. The molecule has 0 saturated carbocycles. The number of nitrogens with zero attached hydrogens (tertiary/aromatic N) is 1. The maximum absolute atomic E-state index is 12.5. The Balaban J connectivity index is 0.00000180. The summed E-state index contributed by atoms with van der Waals surface area (Å²) in [6.07, 6.45) is 2.23. The first-order chi connectivity index (χ1) is 8.61. The van der Waals surface area contributed by atoms with E-state index in [4.69, 9.17) is 0 Å². The Bertz CT molecular complexity index is 453. The van der Waals surface area contributed by atoms with Crippen LogP contribution in [0.25, 0.3) is 0 Å². The van der Waals surface area contributed by atoms with Crippen LogP contribution in [0.5, 0.6) is 0 Å². The third-order valence-electron chi connectivity index (χ3n) is 3.54. The molecule has 0 aliphatic carbocycles. The van der Waals surface area contributed by atoms with Crippen molar-refractivity contribution in [2.24, 2.45) is 0 Å². The fourth-order valence-corrected chi connectivity index (χ4v) is 2.91. The first kappa shape index (κ1) is 16.5. The number of nitrogens with one attached hydrogen (secondary N) is 1. The highest BCUT2D eigenvalue weighted by Crippen LogP contribution is 2.19. The van der Waals surface area contributed by atoms with Crippen molar-refractivity contribution in [3.05, 3.63) is 33.8 Å². The number of amides is 1. The van der Waals surface area contributed by atoms with Gasteiger partial charge in [0.05, 0.1) is 0 Å². The standard InChI is InChI=1S/C14H19BrN2O.ClH/c1-10-8-11(15)5-6-13(10)14(18)17-7-3-4-12(9-17)16-2;/h5-6,8,12,16H,3-4,7,9H2,1-2H3;1H. The van der Waals surface area contributed by atoms with Crippen LogP contribution < -0.4 is 5.32 Å². The lowest BCUT2D eigenvalue weighted by molar-refractivity contribution is 0.0697. The first-order valence-electron chi connectivity index (χ1n) is 6.34. The van der Waals surface area contributed by atoms with E-state index in [-0.39, 0.29) is 18.3 Å². The summed E-state index contributed by atoms with van der Waals surface area (Å²) in [5.41, 5.74) is 1.84. The Morgan fingerprint density at radius 2 is 2.21 bits per heavy atom. The van der Waals surface area contributed by atoms with Gasteiger partial charge in [-0.1, -0.05) is 15.9 Å². The normalized spacial score (nSPS) is 18.9. The number of rotatable bonds is 2. The Hall–Kier alpha value is -0.580. The number of hydrogen-bond acceptors (Lipinski definition) is 2. The first-order valence-corrected chi connectivity index (χ1v) is 7.14. The molecular formula is C14H20BrClN2O. The molecule has 1 aromatic carbocycles. The summed E-state index contributed by atoms with van der Waals surface area (Å²) in [5, 5.41) is 3.26. The van der Waals surface area contributed by atoms with Crippen LogP contribution in [0.3, 0.4) is 0 Å². The quantitative estimate of drug-likeness (QED) is 0.892. The summed E-state index contributed by atoms with van der Waals surface area (Å²) in [7, 11) is 1.96. The van der Waals surface area contributed by atoms with Gasteiger partial charge in [-0.2, -0.15) is 0 Å². The zero-order chi connectivity index (χ0) is 13.1. The predicted molar refractivity (Wildman–Crippen MR) is 84.1 cm³/mol. The molecule has 1 aromatic rings. The van der Waals surface area contributed by atoms with Crippen LogP contribution in [-0.2, 0) is 0 Å². The van der Waals surface area contributed by atoms with Gasteiger partial charge >= 0.3 is 0 Å². The highest BCUT2D eigenvalue weighted by molar-refractivity contribution is 9.10. The molecule has 1 aliphatic rings. The molecule has 1 amide bonds. The molecule has 3 nitrogen and oxygen atoms in total. The average molecular weight is 348 g/mol. The highest BCUT2D eigenvalue weighted by Gasteiger charge is 2.24.